The normalized spacial score (nSPS) is 17.1. The monoisotopic (exact) mass is 285 g/mol. The molecule has 0 bridgehead atoms. The van der Waals surface area contributed by atoms with Crippen LogP contribution < -0.4 is 5.32 Å². The molecule has 0 aliphatic carbocycles. The quantitative estimate of drug-likeness (QED) is 0.770. The topological polar surface area (TPSA) is 12.0 Å². The number of anilines is 1. The molecular formula is C18H20ClN. The summed E-state index contributed by atoms with van der Waals surface area (Å²) < 4.78 is 0. The second-order valence-corrected chi connectivity index (χ2v) is 6.42. The highest BCUT2D eigenvalue weighted by Crippen LogP contribution is 2.38. The van der Waals surface area contributed by atoms with E-state index in [1.54, 1.807) is 0 Å². The van der Waals surface area contributed by atoms with Crippen LogP contribution in [0.15, 0.2) is 36.4 Å². The van der Waals surface area contributed by atoms with Crippen molar-refractivity contribution in [2.24, 2.45) is 0 Å². The highest BCUT2D eigenvalue weighted by Gasteiger charge is 2.23. The van der Waals surface area contributed by atoms with Gasteiger partial charge in [0.05, 0.1) is 6.04 Å². The van der Waals surface area contributed by atoms with Gasteiger partial charge in [0.1, 0.15) is 0 Å². The molecule has 2 heteroatoms. The van der Waals surface area contributed by atoms with Gasteiger partial charge in [0, 0.05) is 10.7 Å². The van der Waals surface area contributed by atoms with Gasteiger partial charge in [0.25, 0.3) is 0 Å². The Balaban J connectivity index is 1.86. The summed E-state index contributed by atoms with van der Waals surface area (Å²) in [6.07, 6.45) is 1.01. The van der Waals surface area contributed by atoms with E-state index in [4.69, 9.17) is 11.6 Å². The molecule has 1 N–H and O–H groups in total. The first kappa shape index (κ1) is 13.5. The Morgan fingerprint density at radius 2 is 1.85 bits per heavy atom. The van der Waals surface area contributed by atoms with Crippen molar-refractivity contribution in [3.63, 3.8) is 0 Å². The van der Waals surface area contributed by atoms with E-state index in [-0.39, 0.29) is 0 Å². The Morgan fingerprint density at radius 1 is 1.15 bits per heavy atom. The summed E-state index contributed by atoms with van der Waals surface area (Å²) in [7, 11) is 0. The van der Waals surface area contributed by atoms with Crippen LogP contribution in [0.1, 0.15) is 48.1 Å². The predicted octanol–water partition coefficient (Wildman–Crippen LogP) is 5.48. The van der Waals surface area contributed by atoms with Crippen molar-refractivity contribution in [2.75, 3.05) is 5.32 Å². The highest BCUT2D eigenvalue weighted by atomic mass is 35.5. The number of benzene rings is 2. The zero-order valence-electron chi connectivity index (χ0n) is 12.2. The first-order valence-corrected chi connectivity index (χ1v) is 7.58. The van der Waals surface area contributed by atoms with Crippen molar-refractivity contribution in [1.82, 2.24) is 0 Å². The van der Waals surface area contributed by atoms with E-state index in [1.807, 2.05) is 6.07 Å². The zero-order valence-corrected chi connectivity index (χ0v) is 13.0. The maximum absolute atomic E-state index is 6.15. The molecule has 1 unspecified atom stereocenters. The molecule has 1 atom stereocenters. The van der Waals surface area contributed by atoms with Crippen LogP contribution in [0.5, 0.6) is 0 Å². The van der Waals surface area contributed by atoms with Crippen LogP contribution in [0.3, 0.4) is 0 Å². The van der Waals surface area contributed by atoms with E-state index in [1.165, 1.54) is 27.9 Å². The molecule has 0 spiro atoms. The van der Waals surface area contributed by atoms with Gasteiger partial charge in [0.2, 0.25) is 0 Å². The number of hydrogen-bond acceptors (Lipinski definition) is 1. The van der Waals surface area contributed by atoms with E-state index in [2.05, 4.69) is 56.4 Å². The smallest absolute Gasteiger partial charge is 0.0555 e. The van der Waals surface area contributed by atoms with E-state index in [9.17, 15) is 0 Å². The molecule has 3 rings (SSSR count). The number of hydrogen-bond donors (Lipinski definition) is 1. The Hall–Kier alpha value is -1.47. The average Bonchev–Trinajstić information content (AvgIpc) is 2.83. The van der Waals surface area contributed by atoms with Crippen molar-refractivity contribution in [3.05, 3.63) is 63.7 Å². The Morgan fingerprint density at radius 3 is 2.50 bits per heavy atom. The molecule has 0 aromatic heterocycles. The average molecular weight is 286 g/mol. The Kier molecular flexibility index (Phi) is 3.47. The molecule has 20 heavy (non-hydrogen) atoms. The molecular weight excluding hydrogens is 266 g/mol. The van der Waals surface area contributed by atoms with Crippen molar-refractivity contribution in [3.8, 4) is 0 Å². The van der Waals surface area contributed by atoms with Crippen molar-refractivity contribution in [2.45, 2.75) is 39.2 Å². The maximum atomic E-state index is 6.15. The van der Waals surface area contributed by atoms with Gasteiger partial charge >= 0.3 is 0 Å². The second-order valence-electron chi connectivity index (χ2n) is 5.98. The SMILES string of the molecule is Cc1cc(Cl)cc2c1NC(c1ccc(C(C)C)cc1)C2. The van der Waals surface area contributed by atoms with Crippen molar-refractivity contribution < 1.29 is 0 Å². The van der Waals surface area contributed by atoms with Crippen LogP contribution in [-0.2, 0) is 6.42 Å². The molecule has 2 aromatic carbocycles. The minimum absolute atomic E-state index is 0.364. The van der Waals surface area contributed by atoms with Gasteiger partial charge in [-0.1, -0.05) is 49.7 Å². The maximum Gasteiger partial charge on any atom is 0.0555 e. The van der Waals surface area contributed by atoms with Crippen LogP contribution >= 0.6 is 11.6 Å². The molecule has 0 fully saturated rings. The van der Waals surface area contributed by atoms with Gasteiger partial charge in [-0.3, -0.25) is 0 Å². The first-order chi connectivity index (χ1) is 9.54. The van der Waals surface area contributed by atoms with Gasteiger partial charge in [-0.25, -0.2) is 0 Å². The largest absolute Gasteiger partial charge is 0.377 e. The minimum atomic E-state index is 0.364. The van der Waals surface area contributed by atoms with E-state index in [0.29, 0.717) is 12.0 Å². The van der Waals surface area contributed by atoms with Crippen LogP contribution in [0, 0.1) is 6.92 Å². The molecule has 1 aliphatic heterocycles. The van der Waals surface area contributed by atoms with E-state index >= 15 is 0 Å². The third kappa shape index (κ3) is 2.43. The number of rotatable bonds is 2. The van der Waals surface area contributed by atoms with Gasteiger partial charge in [-0.15, -0.1) is 0 Å². The molecule has 0 amide bonds. The lowest BCUT2D eigenvalue weighted by atomic mass is 9.97. The third-order valence-electron chi connectivity index (χ3n) is 4.13. The van der Waals surface area contributed by atoms with Crippen LogP contribution in [0.4, 0.5) is 5.69 Å². The van der Waals surface area contributed by atoms with E-state index < -0.39 is 0 Å². The molecule has 1 aliphatic rings. The lowest BCUT2D eigenvalue weighted by Crippen LogP contribution is -2.06. The van der Waals surface area contributed by atoms with Crippen LogP contribution in [0.2, 0.25) is 5.02 Å². The molecule has 0 saturated heterocycles. The standard InChI is InChI=1S/C18H20ClN/c1-11(2)13-4-6-14(7-5-13)17-10-15-9-16(19)8-12(3)18(15)20-17/h4-9,11,17,20H,10H2,1-3H3. The first-order valence-electron chi connectivity index (χ1n) is 7.20. The minimum Gasteiger partial charge on any atom is -0.377 e. The molecule has 0 radical (unpaired) electrons. The third-order valence-corrected chi connectivity index (χ3v) is 4.35. The molecule has 0 saturated carbocycles. The summed E-state index contributed by atoms with van der Waals surface area (Å²) in [4.78, 5) is 0. The zero-order chi connectivity index (χ0) is 14.3. The summed E-state index contributed by atoms with van der Waals surface area (Å²) in [5, 5.41) is 4.47. The molecule has 2 aromatic rings. The number of nitrogens with one attached hydrogen (secondary N) is 1. The summed E-state index contributed by atoms with van der Waals surface area (Å²) >= 11 is 6.15. The molecule has 1 nitrogen and oxygen atoms in total. The number of fused-ring (bicyclic) bond motifs is 1. The van der Waals surface area contributed by atoms with Crippen molar-refractivity contribution in [1.29, 1.82) is 0 Å². The van der Waals surface area contributed by atoms with Gasteiger partial charge < -0.3 is 5.32 Å². The summed E-state index contributed by atoms with van der Waals surface area (Å²) in [5.74, 6) is 0.582. The van der Waals surface area contributed by atoms with Gasteiger partial charge in [-0.05, 0) is 53.6 Å². The Labute approximate surface area is 126 Å². The number of aryl methyl sites for hydroxylation is 1. The molecule has 104 valence electrons. The Bertz CT molecular complexity index is 629. The number of halogens is 1. The summed E-state index contributed by atoms with van der Waals surface area (Å²) in [6.45, 7) is 6.57. The lowest BCUT2D eigenvalue weighted by Gasteiger charge is -2.14. The highest BCUT2D eigenvalue weighted by molar-refractivity contribution is 6.30. The second kappa shape index (κ2) is 5.14. The fourth-order valence-electron chi connectivity index (χ4n) is 2.94. The van der Waals surface area contributed by atoms with Crippen LogP contribution in [-0.4, -0.2) is 0 Å². The summed E-state index contributed by atoms with van der Waals surface area (Å²) in [5.41, 5.74) is 6.55. The lowest BCUT2D eigenvalue weighted by molar-refractivity contribution is 0.816. The fourth-order valence-corrected chi connectivity index (χ4v) is 3.24. The fraction of sp³-hybridized carbons (Fsp3) is 0.333. The van der Waals surface area contributed by atoms with Crippen molar-refractivity contribution >= 4 is 17.3 Å². The molecule has 1 heterocycles. The van der Waals surface area contributed by atoms with Gasteiger partial charge in [-0.2, -0.15) is 0 Å². The van der Waals surface area contributed by atoms with E-state index in [0.717, 1.165) is 11.4 Å². The van der Waals surface area contributed by atoms with Crippen LogP contribution in [0.25, 0.3) is 0 Å². The summed E-state index contributed by atoms with van der Waals surface area (Å²) in [6, 6.07) is 13.4. The predicted molar refractivity (Wildman–Crippen MR) is 86.8 cm³/mol. The van der Waals surface area contributed by atoms with Gasteiger partial charge in [0.15, 0.2) is 0 Å².